The van der Waals surface area contributed by atoms with Crippen LogP contribution >= 0.6 is 0 Å². The maximum Gasteiger partial charge on any atom is 0.338 e. The maximum absolute atomic E-state index is 12.8. The average Bonchev–Trinajstić information content (AvgIpc) is 2.77. The molecule has 2 N–H and O–H groups in total. The third-order valence-electron chi connectivity index (χ3n) is 4.86. The molecule has 0 aliphatic carbocycles. The lowest BCUT2D eigenvalue weighted by Gasteiger charge is -2.14. The normalized spacial score (nSPS) is 11.0. The number of carbonyl (C=O) groups excluding carboxylic acids is 2. The van der Waals surface area contributed by atoms with Gasteiger partial charge in [-0.05, 0) is 74.4 Å². The molecule has 0 spiro atoms. The second-order valence-electron chi connectivity index (χ2n) is 7.10. The summed E-state index contributed by atoms with van der Waals surface area (Å²) in [6.07, 6.45) is 0. The van der Waals surface area contributed by atoms with Crippen LogP contribution in [0.15, 0.2) is 71.6 Å². The number of aryl methyl sites for hydroxylation is 1. The van der Waals surface area contributed by atoms with Crippen LogP contribution in [0.4, 0.5) is 11.4 Å². The van der Waals surface area contributed by atoms with E-state index < -0.39 is 16.0 Å². The summed E-state index contributed by atoms with van der Waals surface area (Å²) in [4.78, 5) is 25.0. The van der Waals surface area contributed by atoms with Gasteiger partial charge in [-0.25, -0.2) is 13.2 Å². The number of sulfonamides is 1. The van der Waals surface area contributed by atoms with Crippen LogP contribution in [-0.2, 0) is 14.8 Å². The van der Waals surface area contributed by atoms with E-state index in [9.17, 15) is 18.0 Å². The van der Waals surface area contributed by atoms with Crippen molar-refractivity contribution in [2.24, 2.45) is 0 Å². The Bertz CT molecular complexity index is 1250. The van der Waals surface area contributed by atoms with Gasteiger partial charge in [-0.1, -0.05) is 24.3 Å². The lowest BCUT2D eigenvalue weighted by atomic mass is 10.1. The largest absolute Gasteiger partial charge is 0.462 e. The van der Waals surface area contributed by atoms with Crippen LogP contribution in [0, 0.1) is 13.8 Å². The Morgan fingerprint density at radius 2 is 1.62 bits per heavy atom. The van der Waals surface area contributed by atoms with E-state index in [2.05, 4.69) is 10.0 Å². The van der Waals surface area contributed by atoms with Gasteiger partial charge in [-0.3, -0.25) is 9.52 Å². The number of ether oxygens (including phenoxy) is 1. The second kappa shape index (κ2) is 9.65. The number of carbonyl (C=O) groups is 2. The molecule has 0 aromatic heterocycles. The summed E-state index contributed by atoms with van der Waals surface area (Å²) < 4.78 is 32.7. The number of hydrogen-bond acceptors (Lipinski definition) is 5. The molecule has 7 nitrogen and oxygen atoms in total. The summed E-state index contributed by atoms with van der Waals surface area (Å²) in [7, 11) is -3.74. The lowest BCUT2D eigenvalue weighted by Crippen LogP contribution is -2.16. The fraction of sp³-hybridized carbons (Fsp3) is 0.167. The topological polar surface area (TPSA) is 102 Å². The standard InChI is InChI=1S/C24H24N2O5S/c1-4-31-24(28)20-11-8-12-22(17(20)3)25-23(27)18-13-14-21(16(2)15-18)26-32(29,30)19-9-6-5-7-10-19/h5-15,26H,4H2,1-3H3,(H,25,27). The minimum atomic E-state index is -3.74. The van der Waals surface area contributed by atoms with Crippen LogP contribution in [0.3, 0.4) is 0 Å². The fourth-order valence-electron chi connectivity index (χ4n) is 3.12. The molecule has 0 fully saturated rings. The highest BCUT2D eigenvalue weighted by molar-refractivity contribution is 7.92. The Labute approximate surface area is 187 Å². The molecular weight excluding hydrogens is 428 g/mol. The highest BCUT2D eigenvalue weighted by Gasteiger charge is 2.17. The zero-order chi connectivity index (χ0) is 23.3. The molecule has 0 saturated heterocycles. The molecule has 8 heteroatoms. The van der Waals surface area contributed by atoms with Crippen LogP contribution in [0.2, 0.25) is 0 Å². The maximum atomic E-state index is 12.8. The Morgan fingerprint density at radius 1 is 0.906 bits per heavy atom. The Morgan fingerprint density at radius 3 is 2.28 bits per heavy atom. The summed E-state index contributed by atoms with van der Waals surface area (Å²) in [6, 6.07) is 17.7. The molecular formula is C24H24N2O5S. The molecule has 0 aliphatic rings. The van der Waals surface area contributed by atoms with Crippen molar-refractivity contribution >= 4 is 33.3 Å². The van der Waals surface area contributed by atoms with Gasteiger partial charge in [0.1, 0.15) is 0 Å². The van der Waals surface area contributed by atoms with Crippen molar-refractivity contribution in [1.29, 1.82) is 0 Å². The Balaban J connectivity index is 1.79. The van der Waals surface area contributed by atoms with E-state index >= 15 is 0 Å². The number of esters is 1. The molecule has 0 radical (unpaired) electrons. The zero-order valence-corrected chi connectivity index (χ0v) is 18.8. The summed E-state index contributed by atoms with van der Waals surface area (Å²) in [5, 5.41) is 2.80. The molecule has 0 bridgehead atoms. The van der Waals surface area contributed by atoms with Crippen molar-refractivity contribution in [1.82, 2.24) is 0 Å². The molecule has 0 aliphatic heterocycles. The van der Waals surface area contributed by atoms with E-state index in [1.165, 1.54) is 18.2 Å². The van der Waals surface area contributed by atoms with Crippen molar-refractivity contribution in [3.63, 3.8) is 0 Å². The number of benzene rings is 3. The number of rotatable bonds is 7. The monoisotopic (exact) mass is 452 g/mol. The van der Waals surface area contributed by atoms with Crippen LogP contribution in [-0.4, -0.2) is 26.9 Å². The molecule has 0 heterocycles. The Kier molecular flexibility index (Phi) is 6.95. The molecule has 166 valence electrons. The molecule has 3 aromatic rings. The third-order valence-corrected chi connectivity index (χ3v) is 6.25. The van der Waals surface area contributed by atoms with Gasteiger partial charge in [-0.15, -0.1) is 0 Å². The molecule has 0 unspecified atom stereocenters. The highest BCUT2D eigenvalue weighted by atomic mass is 32.2. The van der Waals surface area contributed by atoms with Crippen LogP contribution in [0.25, 0.3) is 0 Å². The van der Waals surface area contributed by atoms with Crippen molar-refractivity contribution in [2.75, 3.05) is 16.6 Å². The van der Waals surface area contributed by atoms with Crippen LogP contribution in [0.5, 0.6) is 0 Å². The van der Waals surface area contributed by atoms with E-state index in [1.54, 1.807) is 69.3 Å². The van der Waals surface area contributed by atoms with E-state index in [4.69, 9.17) is 4.74 Å². The number of nitrogens with one attached hydrogen (secondary N) is 2. The van der Waals surface area contributed by atoms with E-state index in [1.807, 2.05) is 0 Å². The van der Waals surface area contributed by atoms with Crippen LogP contribution < -0.4 is 10.0 Å². The zero-order valence-electron chi connectivity index (χ0n) is 18.0. The molecule has 3 rings (SSSR count). The highest BCUT2D eigenvalue weighted by Crippen LogP contribution is 2.23. The van der Waals surface area contributed by atoms with E-state index in [0.29, 0.717) is 33.6 Å². The summed E-state index contributed by atoms with van der Waals surface area (Å²) in [5.41, 5.74) is 2.80. The average molecular weight is 453 g/mol. The van der Waals surface area contributed by atoms with Gasteiger partial charge in [0, 0.05) is 11.3 Å². The number of hydrogen-bond donors (Lipinski definition) is 2. The first-order chi connectivity index (χ1) is 15.2. The van der Waals surface area contributed by atoms with Crippen molar-refractivity contribution in [3.05, 3.63) is 89.0 Å². The molecule has 0 saturated carbocycles. The third kappa shape index (κ3) is 5.15. The first-order valence-electron chi connectivity index (χ1n) is 9.99. The molecule has 3 aromatic carbocycles. The second-order valence-corrected chi connectivity index (χ2v) is 8.78. The minimum Gasteiger partial charge on any atom is -0.462 e. The summed E-state index contributed by atoms with van der Waals surface area (Å²) >= 11 is 0. The minimum absolute atomic E-state index is 0.151. The predicted molar refractivity (Wildman–Crippen MR) is 124 cm³/mol. The number of anilines is 2. The Hall–Kier alpha value is -3.65. The SMILES string of the molecule is CCOC(=O)c1cccc(NC(=O)c2ccc(NS(=O)(=O)c3ccccc3)c(C)c2)c1C. The first kappa shape index (κ1) is 23.0. The van der Waals surface area contributed by atoms with Crippen molar-refractivity contribution < 1.29 is 22.7 Å². The van der Waals surface area contributed by atoms with Crippen molar-refractivity contribution in [3.8, 4) is 0 Å². The molecule has 32 heavy (non-hydrogen) atoms. The van der Waals surface area contributed by atoms with Gasteiger partial charge in [-0.2, -0.15) is 0 Å². The number of amides is 1. The van der Waals surface area contributed by atoms with Gasteiger partial charge >= 0.3 is 5.97 Å². The fourth-order valence-corrected chi connectivity index (χ4v) is 4.27. The summed E-state index contributed by atoms with van der Waals surface area (Å²) in [5.74, 6) is -0.832. The van der Waals surface area contributed by atoms with E-state index in [-0.39, 0.29) is 17.4 Å². The van der Waals surface area contributed by atoms with Gasteiger partial charge in [0.15, 0.2) is 0 Å². The predicted octanol–water partition coefficient (Wildman–Crippen LogP) is 4.53. The van der Waals surface area contributed by atoms with Gasteiger partial charge < -0.3 is 10.1 Å². The van der Waals surface area contributed by atoms with E-state index in [0.717, 1.165) is 0 Å². The smallest absolute Gasteiger partial charge is 0.338 e. The molecule has 0 atom stereocenters. The lowest BCUT2D eigenvalue weighted by molar-refractivity contribution is 0.0525. The summed E-state index contributed by atoms with van der Waals surface area (Å²) in [6.45, 7) is 5.43. The van der Waals surface area contributed by atoms with Gasteiger partial charge in [0.25, 0.3) is 15.9 Å². The van der Waals surface area contributed by atoms with Crippen LogP contribution in [0.1, 0.15) is 38.8 Å². The van der Waals surface area contributed by atoms with Gasteiger partial charge in [0.2, 0.25) is 0 Å². The van der Waals surface area contributed by atoms with Crippen molar-refractivity contribution in [2.45, 2.75) is 25.7 Å². The molecule has 1 amide bonds. The van der Waals surface area contributed by atoms with Gasteiger partial charge in [0.05, 0.1) is 22.8 Å². The quantitative estimate of drug-likeness (QED) is 0.513. The first-order valence-corrected chi connectivity index (χ1v) is 11.5.